The van der Waals surface area contributed by atoms with E-state index in [0.717, 1.165) is 0 Å². The van der Waals surface area contributed by atoms with E-state index in [1.807, 2.05) is 0 Å². The zero-order chi connectivity index (χ0) is 13.4. The minimum absolute atomic E-state index is 0. The molecule has 0 atom stereocenters. The summed E-state index contributed by atoms with van der Waals surface area (Å²) in [5.41, 5.74) is 4.57. The standard InChI is InChI=1S/C10H15.C4H6O2.2ClH.Ti/c1-7-6-10(4,5)9(3)8(7)2;1-3(2)4(5)6;;;/h1-5H3;1H2,2H3,(H,5,6);2*1H;/q;;;;+1/p-1. The molecule has 0 heterocycles. The summed E-state index contributed by atoms with van der Waals surface area (Å²) in [5.74, 6) is -0.261. The third-order valence-corrected chi connectivity index (χ3v) is 5.99. The average molecular weight is 341 g/mol. The Morgan fingerprint density at radius 1 is 1.16 bits per heavy atom. The summed E-state index contributed by atoms with van der Waals surface area (Å²) in [6.45, 7) is 16.1. The fraction of sp³-hybridized carbons (Fsp3) is 0.500. The molecule has 0 saturated heterocycles. The van der Waals surface area contributed by atoms with Crippen LogP contribution in [0, 0.1) is 5.41 Å². The second-order valence-corrected chi connectivity index (χ2v) is 6.57. The second kappa shape index (κ2) is 7.68. The molecule has 19 heavy (non-hydrogen) atoms. The van der Waals surface area contributed by atoms with Crippen molar-refractivity contribution in [3.63, 3.8) is 0 Å². The molecule has 1 rings (SSSR count). The van der Waals surface area contributed by atoms with Crippen LogP contribution in [0.25, 0.3) is 0 Å². The smallest absolute Gasteiger partial charge is 0.147 e. The van der Waals surface area contributed by atoms with E-state index >= 15 is 0 Å². The molecule has 0 saturated carbocycles. The van der Waals surface area contributed by atoms with Crippen LogP contribution in [0.3, 0.4) is 0 Å². The summed E-state index contributed by atoms with van der Waals surface area (Å²) < 4.78 is 6.71. The molecule has 0 fully saturated rings. The Hall–Kier alpha value is -0.0157. The molecule has 0 radical (unpaired) electrons. The minimum Gasteiger partial charge on any atom is -0.147 e. The summed E-state index contributed by atoms with van der Waals surface area (Å²) in [5, 5.41) is 0. The van der Waals surface area contributed by atoms with Gasteiger partial charge in [0, 0.05) is 0 Å². The molecule has 0 bridgehead atoms. The Balaban J connectivity index is 0. The van der Waals surface area contributed by atoms with Gasteiger partial charge in [0.2, 0.25) is 0 Å². The van der Waals surface area contributed by atoms with Crippen molar-refractivity contribution in [2.45, 2.75) is 41.5 Å². The molecule has 0 N–H and O–H groups in total. The third-order valence-electron chi connectivity index (χ3n) is 3.66. The van der Waals surface area contributed by atoms with Crippen LogP contribution in [0.5, 0.6) is 0 Å². The van der Waals surface area contributed by atoms with E-state index in [-0.39, 0.29) is 36.2 Å². The van der Waals surface area contributed by atoms with Crippen LogP contribution in [-0.2, 0) is 27.7 Å². The maximum atomic E-state index is 11.5. The van der Waals surface area contributed by atoms with E-state index in [0.29, 0.717) is 5.57 Å². The van der Waals surface area contributed by atoms with Crippen molar-refractivity contribution >= 4 is 30.8 Å². The van der Waals surface area contributed by atoms with Crippen molar-refractivity contribution < 1.29 is 27.7 Å². The topological polar surface area (TPSA) is 26.3 Å². The largest absolute Gasteiger partial charge is 0.147 e. The Labute approximate surface area is 138 Å². The van der Waals surface area contributed by atoms with Crippen LogP contribution >= 0.6 is 24.8 Å². The number of rotatable bonds is 3. The molecular formula is C14H22Cl2O2Ti. The van der Waals surface area contributed by atoms with Gasteiger partial charge in [-0.05, 0) is 0 Å². The number of halogens is 2. The summed E-state index contributed by atoms with van der Waals surface area (Å²) in [4.78, 5) is 11.5. The first-order valence-electron chi connectivity index (χ1n) is 5.72. The van der Waals surface area contributed by atoms with Gasteiger partial charge < -0.3 is 0 Å². The first kappa shape index (κ1) is 21.3. The van der Waals surface area contributed by atoms with E-state index in [9.17, 15) is 4.79 Å². The number of hydrogen-bond donors (Lipinski definition) is 0. The molecule has 1 aliphatic rings. The van der Waals surface area contributed by atoms with Crippen molar-refractivity contribution in [3.05, 3.63) is 32.7 Å². The Kier molecular flexibility index (Phi) is 8.61. The van der Waals surface area contributed by atoms with Crippen LogP contribution in [0.1, 0.15) is 41.5 Å². The Bertz CT molecular complexity index is 448. The van der Waals surface area contributed by atoms with Gasteiger partial charge in [0.05, 0.1) is 0 Å². The molecule has 0 spiro atoms. The monoisotopic (exact) mass is 340 g/mol. The molecule has 0 amide bonds. The predicted octanol–water partition coefficient (Wildman–Crippen LogP) is 4.60. The van der Waals surface area contributed by atoms with Gasteiger partial charge in [0.25, 0.3) is 0 Å². The van der Waals surface area contributed by atoms with E-state index in [4.69, 9.17) is 3.32 Å². The van der Waals surface area contributed by atoms with Gasteiger partial charge in [-0.3, -0.25) is 0 Å². The summed E-state index contributed by atoms with van der Waals surface area (Å²) in [7, 11) is 0. The van der Waals surface area contributed by atoms with Crippen molar-refractivity contribution in [3.8, 4) is 0 Å². The van der Waals surface area contributed by atoms with Gasteiger partial charge in [-0.25, -0.2) is 0 Å². The second-order valence-electron chi connectivity index (χ2n) is 5.15. The van der Waals surface area contributed by atoms with Crippen molar-refractivity contribution in [2.24, 2.45) is 5.41 Å². The van der Waals surface area contributed by atoms with Crippen molar-refractivity contribution in [2.75, 3.05) is 0 Å². The van der Waals surface area contributed by atoms with Gasteiger partial charge in [0.15, 0.2) is 0 Å². The zero-order valence-corrected chi connectivity index (χ0v) is 15.5. The van der Waals surface area contributed by atoms with Crippen LogP contribution in [0.4, 0.5) is 0 Å². The normalized spacial score (nSPS) is 16.5. The maximum Gasteiger partial charge on any atom is -0.147 e. The molecule has 5 heteroatoms. The number of carbonyl (C=O) groups excluding carboxylic acids is 1. The number of carbonyl (C=O) groups is 1. The third kappa shape index (κ3) is 4.22. The molecule has 0 aromatic rings. The van der Waals surface area contributed by atoms with Gasteiger partial charge in [-0.2, -0.15) is 0 Å². The van der Waals surface area contributed by atoms with Gasteiger partial charge in [-0.1, -0.05) is 0 Å². The minimum atomic E-state index is -0.855. The maximum absolute atomic E-state index is 11.5. The summed E-state index contributed by atoms with van der Waals surface area (Å²) in [6.07, 6.45) is 0. The molecule has 1 aliphatic carbocycles. The van der Waals surface area contributed by atoms with E-state index in [1.54, 1.807) is 6.92 Å². The molecule has 108 valence electrons. The zero-order valence-electron chi connectivity index (χ0n) is 12.3. The Morgan fingerprint density at radius 2 is 1.63 bits per heavy atom. The fourth-order valence-electron chi connectivity index (χ4n) is 1.98. The first-order valence-corrected chi connectivity index (χ1v) is 7.13. The average Bonchev–Trinajstić information content (AvgIpc) is 2.38. The fourth-order valence-corrected chi connectivity index (χ4v) is 3.78. The van der Waals surface area contributed by atoms with Crippen LogP contribution in [0.2, 0.25) is 0 Å². The molecular weight excluding hydrogens is 319 g/mol. The van der Waals surface area contributed by atoms with Gasteiger partial charge in [0.1, 0.15) is 0 Å². The van der Waals surface area contributed by atoms with Crippen molar-refractivity contribution in [1.82, 2.24) is 0 Å². The molecule has 0 unspecified atom stereocenters. The number of allylic oxidation sites excluding steroid dienone is 4. The van der Waals surface area contributed by atoms with E-state index in [1.165, 1.54) is 20.6 Å². The molecule has 0 aromatic carbocycles. The van der Waals surface area contributed by atoms with Crippen LogP contribution in [0.15, 0.2) is 32.7 Å². The summed E-state index contributed by atoms with van der Waals surface area (Å²) >= 11 is -0.855. The Morgan fingerprint density at radius 3 is 1.95 bits per heavy atom. The quantitative estimate of drug-likeness (QED) is 0.554. The molecule has 0 aromatic heterocycles. The predicted molar refractivity (Wildman–Crippen MR) is 80.3 cm³/mol. The first-order chi connectivity index (χ1) is 7.69. The van der Waals surface area contributed by atoms with E-state index < -0.39 is 19.5 Å². The molecule has 2 nitrogen and oxygen atoms in total. The van der Waals surface area contributed by atoms with E-state index in [2.05, 4.69) is 41.2 Å². The SMILES string of the molecule is C=C(C)C(=O)[O][Ti][C]1=C(C)C(C)=C(C)C1(C)C.Cl.Cl. The summed E-state index contributed by atoms with van der Waals surface area (Å²) in [6, 6.07) is 0. The van der Waals surface area contributed by atoms with Crippen LogP contribution in [-0.4, -0.2) is 5.97 Å². The van der Waals surface area contributed by atoms with Gasteiger partial charge in [-0.15, -0.1) is 24.8 Å². The number of hydrogen-bond acceptors (Lipinski definition) is 2. The van der Waals surface area contributed by atoms with Crippen LogP contribution < -0.4 is 0 Å². The van der Waals surface area contributed by atoms with Gasteiger partial charge >= 0.3 is 113 Å². The van der Waals surface area contributed by atoms with Crippen molar-refractivity contribution in [1.29, 1.82) is 0 Å². The molecule has 0 aliphatic heterocycles.